The van der Waals surface area contributed by atoms with Crippen molar-refractivity contribution in [1.82, 2.24) is 20.9 Å². The summed E-state index contributed by atoms with van der Waals surface area (Å²) in [6.45, 7) is 3.24. The second kappa shape index (κ2) is 12.9. The summed E-state index contributed by atoms with van der Waals surface area (Å²) in [5, 5.41) is 26.7. The number of rotatable bonds is 13. The van der Waals surface area contributed by atoms with E-state index in [1.807, 2.05) is 18.2 Å². The van der Waals surface area contributed by atoms with Crippen molar-refractivity contribution in [2.75, 3.05) is 5.75 Å². The van der Waals surface area contributed by atoms with Crippen LogP contribution in [0.1, 0.15) is 25.8 Å². The molecule has 0 radical (unpaired) electrons. The molecular formula is C23H31N5O7S. The number of carbonyl (C=O) groups excluding carboxylic acids is 3. The van der Waals surface area contributed by atoms with Crippen LogP contribution >= 0.6 is 12.6 Å². The minimum atomic E-state index is -1.53. The Morgan fingerprint density at radius 2 is 1.58 bits per heavy atom. The minimum Gasteiger partial charge on any atom is -0.481 e. The van der Waals surface area contributed by atoms with E-state index in [0.717, 1.165) is 10.9 Å². The lowest BCUT2D eigenvalue weighted by molar-refractivity contribution is -0.144. The second-order valence-electron chi connectivity index (χ2n) is 8.64. The maximum absolute atomic E-state index is 13.1. The number of fused-ring (bicyclic) bond motifs is 1. The number of aromatic amines is 1. The van der Waals surface area contributed by atoms with Crippen LogP contribution in [0.15, 0.2) is 30.5 Å². The van der Waals surface area contributed by atoms with Gasteiger partial charge in [0.05, 0.1) is 12.5 Å². The highest BCUT2D eigenvalue weighted by atomic mass is 32.1. The molecular weight excluding hydrogens is 490 g/mol. The molecule has 13 heteroatoms. The molecule has 8 N–H and O–H groups in total. The lowest BCUT2D eigenvalue weighted by Gasteiger charge is -2.25. The minimum absolute atomic E-state index is 0.0318. The summed E-state index contributed by atoms with van der Waals surface area (Å²) in [5.41, 5.74) is 7.07. The van der Waals surface area contributed by atoms with E-state index in [4.69, 9.17) is 5.73 Å². The van der Waals surface area contributed by atoms with Gasteiger partial charge in [-0.25, -0.2) is 4.79 Å². The van der Waals surface area contributed by atoms with Crippen molar-refractivity contribution < 1.29 is 34.2 Å². The van der Waals surface area contributed by atoms with Gasteiger partial charge in [0.25, 0.3) is 0 Å². The molecule has 0 saturated heterocycles. The van der Waals surface area contributed by atoms with E-state index < -0.39 is 66.2 Å². The Hall–Kier alpha value is -3.58. The number of nitrogens with one attached hydrogen (secondary N) is 4. The number of carboxylic acid groups (broad SMARTS) is 2. The van der Waals surface area contributed by atoms with Crippen LogP contribution in [-0.4, -0.2) is 74.8 Å². The van der Waals surface area contributed by atoms with E-state index in [1.165, 1.54) is 0 Å². The van der Waals surface area contributed by atoms with Crippen molar-refractivity contribution in [3.63, 3.8) is 0 Å². The SMILES string of the molecule is CC(C)C(NC(=O)C(Cc1c[nH]c2ccccc12)NC(=O)C(CC(=O)O)NC(=O)C(N)CS)C(=O)O. The molecule has 0 bridgehead atoms. The van der Waals surface area contributed by atoms with E-state index in [0.29, 0.717) is 5.56 Å². The molecule has 0 spiro atoms. The van der Waals surface area contributed by atoms with Gasteiger partial charge >= 0.3 is 11.9 Å². The van der Waals surface area contributed by atoms with Crippen LogP contribution in [0.3, 0.4) is 0 Å². The molecule has 4 unspecified atom stereocenters. The number of benzene rings is 1. The summed E-state index contributed by atoms with van der Waals surface area (Å²) in [7, 11) is 0. The number of aromatic nitrogens is 1. The van der Waals surface area contributed by atoms with Gasteiger partial charge in [-0.15, -0.1) is 0 Å². The number of para-hydroxylation sites is 1. The van der Waals surface area contributed by atoms with Crippen LogP contribution in [0.4, 0.5) is 0 Å². The lowest BCUT2D eigenvalue weighted by atomic mass is 10.0. The number of nitrogens with two attached hydrogens (primary N) is 1. The maximum Gasteiger partial charge on any atom is 0.326 e. The predicted octanol–water partition coefficient (Wildman–Crippen LogP) is -0.363. The molecule has 4 atom stereocenters. The Kier molecular flexibility index (Phi) is 10.3. The van der Waals surface area contributed by atoms with Gasteiger partial charge < -0.3 is 36.9 Å². The van der Waals surface area contributed by atoms with E-state index in [2.05, 4.69) is 33.6 Å². The molecule has 1 aromatic carbocycles. The highest BCUT2D eigenvalue weighted by Gasteiger charge is 2.32. The molecule has 1 aromatic heterocycles. The zero-order valence-corrected chi connectivity index (χ0v) is 20.7. The van der Waals surface area contributed by atoms with Gasteiger partial charge in [-0.1, -0.05) is 32.0 Å². The third-order valence-corrected chi connectivity index (χ3v) is 5.90. The molecule has 12 nitrogen and oxygen atoms in total. The second-order valence-corrected chi connectivity index (χ2v) is 9.01. The Bertz CT molecular complexity index is 1120. The van der Waals surface area contributed by atoms with Crippen molar-refractivity contribution in [2.24, 2.45) is 11.7 Å². The zero-order chi connectivity index (χ0) is 27.0. The number of carbonyl (C=O) groups is 5. The smallest absolute Gasteiger partial charge is 0.326 e. The standard InChI is InChI=1S/C23H31N5O7S/c1-11(2)19(23(34)35)28-22(33)16(7-12-9-25-15-6-4-3-5-13(12)15)27-21(32)17(8-18(29)30)26-20(31)14(24)10-36/h3-6,9,11,14,16-17,19,25,36H,7-8,10,24H2,1-2H3,(H,26,31)(H,27,32)(H,28,33)(H,29,30)(H,34,35). The summed E-state index contributed by atoms with van der Waals surface area (Å²) in [6.07, 6.45) is 0.869. The summed E-state index contributed by atoms with van der Waals surface area (Å²) in [5.74, 6) is -5.58. The van der Waals surface area contributed by atoms with E-state index in [1.54, 1.807) is 26.1 Å². The van der Waals surface area contributed by atoms with Gasteiger partial charge in [-0.3, -0.25) is 19.2 Å². The third-order valence-electron chi connectivity index (χ3n) is 5.51. The first-order valence-electron chi connectivity index (χ1n) is 11.2. The average Bonchev–Trinajstić information content (AvgIpc) is 3.22. The average molecular weight is 522 g/mol. The van der Waals surface area contributed by atoms with Crippen molar-refractivity contribution in [3.05, 3.63) is 36.0 Å². The third kappa shape index (κ3) is 7.71. The molecule has 0 aliphatic rings. The van der Waals surface area contributed by atoms with Gasteiger partial charge in [-0.2, -0.15) is 12.6 Å². The molecule has 1 heterocycles. The molecule has 2 rings (SSSR count). The summed E-state index contributed by atoms with van der Waals surface area (Å²) in [6, 6.07) is 2.17. The number of hydrogen-bond acceptors (Lipinski definition) is 7. The Morgan fingerprint density at radius 1 is 0.972 bits per heavy atom. The van der Waals surface area contributed by atoms with E-state index in [9.17, 15) is 34.2 Å². The molecule has 3 amide bonds. The van der Waals surface area contributed by atoms with Gasteiger partial charge in [0.15, 0.2) is 0 Å². The fraction of sp³-hybridized carbons (Fsp3) is 0.435. The molecule has 0 saturated carbocycles. The highest BCUT2D eigenvalue weighted by Crippen LogP contribution is 2.19. The molecule has 2 aromatic rings. The van der Waals surface area contributed by atoms with E-state index in [-0.39, 0.29) is 12.2 Å². The fourth-order valence-corrected chi connectivity index (χ4v) is 3.68. The largest absolute Gasteiger partial charge is 0.481 e. The van der Waals surface area contributed by atoms with Crippen molar-refractivity contribution >= 4 is 53.2 Å². The summed E-state index contributed by atoms with van der Waals surface area (Å²) >= 11 is 3.92. The molecule has 0 aliphatic heterocycles. The number of thiol groups is 1. The maximum atomic E-state index is 13.1. The number of aliphatic carboxylic acids is 2. The van der Waals surface area contributed by atoms with E-state index >= 15 is 0 Å². The van der Waals surface area contributed by atoms with Gasteiger partial charge in [0, 0.05) is 29.3 Å². The molecule has 0 fully saturated rings. The van der Waals surface area contributed by atoms with Crippen LogP contribution in [0.5, 0.6) is 0 Å². The Morgan fingerprint density at radius 3 is 2.17 bits per heavy atom. The van der Waals surface area contributed by atoms with Crippen molar-refractivity contribution in [3.8, 4) is 0 Å². The number of amides is 3. The van der Waals surface area contributed by atoms with Crippen molar-refractivity contribution in [1.29, 1.82) is 0 Å². The molecule has 196 valence electrons. The van der Waals surface area contributed by atoms with Crippen molar-refractivity contribution in [2.45, 2.75) is 50.9 Å². The highest BCUT2D eigenvalue weighted by molar-refractivity contribution is 7.80. The Labute approximate surface area is 212 Å². The van der Waals surface area contributed by atoms with Crippen LogP contribution in [0.25, 0.3) is 10.9 Å². The van der Waals surface area contributed by atoms with Crippen LogP contribution in [0.2, 0.25) is 0 Å². The lowest BCUT2D eigenvalue weighted by Crippen LogP contribution is -2.58. The summed E-state index contributed by atoms with van der Waals surface area (Å²) in [4.78, 5) is 64.4. The van der Waals surface area contributed by atoms with Gasteiger partial charge in [-0.05, 0) is 17.5 Å². The van der Waals surface area contributed by atoms with Gasteiger partial charge in [0.1, 0.15) is 18.1 Å². The topological polar surface area (TPSA) is 204 Å². The predicted molar refractivity (Wildman–Crippen MR) is 134 cm³/mol. The van der Waals surface area contributed by atoms with Crippen LogP contribution < -0.4 is 21.7 Å². The van der Waals surface area contributed by atoms with Crippen LogP contribution in [-0.2, 0) is 30.4 Å². The first-order chi connectivity index (χ1) is 16.9. The fourth-order valence-electron chi connectivity index (χ4n) is 3.51. The monoisotopic (exact) mass is 521 g/mol. The van der Waals surface area contributed by atoms with Gasteiger partial charge in [0.2, 0.25) is 17.7 Å². The number of carboxylic acids is 2. The quantitative estimate of drug-likeness (QED) is 0.163. The number of H-pyrrole nitrogens is 1. The normalized spacial score (nSPS) is 14.5. The molecule has 0 aliphatic carbocycles. The number of hydrogen-bond donors (Lipinski definition) is 8. The first kappa shape index (κ1) is 28.7. The first-order valence-corrected chi connectivity index (χ1v) is 11.8. The molecule has 36 heavy (non-hydrogen) atoms. The zero-order valence-electron chi connectivity index (χ0n) is 19.9. The summed E-state index contributed by atoms with van der Waals surface area (Å²) < 4.78 is 0. The van der Waals surface area contributed by atoms with Crippen LogP contribution in [0, 0.1) is 5.92 Å². The Balaban J connectivity index is 2.34.